The van der Waals surface area contributed by atoms with Crippen LogP contribution < -0.4 is 16.4 Å². The monoisotopic (exact) mass is 263 g/mol. The molecular weight excluding hydrogens is 242 g/mol. The van der Waals surface area contributed by atoms with E-state index in [4.69, 9.17) is 11.5 Å². The smallest absolute Gasteiger partial charge is 0.269 e. The van der Waals surface area contributed by atoms with Crippen molar-refractivity contribution in [3.63, 3.8) is 0 Å². The van der Waals surface area contributed by atoms with Gasteiger partial charge in [0.05, 0.1) is 0 Å². The number of nitrogens with two attached hydrogens (primary N) is 2. The van der Waals surface area contributed by atoms with Gasteiger partial charge in [-0.25, -0.2) is 0 Å². The zero-order chi connectivity index (χ0) is 13.8. The Morgan fingerprint density at radius 1 is 1.47 bits per heavy atom. The molecule has 0 radical (unpaired) electrons. The molecule has 2 atom stereocenters. The molecule has 0 spiro atoms. The van der Waals surface area contributed by atoms with Crippen LogP contribution in [0.2, 0.25) is 0 Å². The zero-order valence-electron chi connectivity index (χ0n) is 11.2. The predicted octanol–water partition coefficient (Wildman–Crippen LogP) is 0.529. The van der Waals surface area contributed by atoms with Gasteiger partial charge in [-0.05, 0) is 30.9 Å². The van der Waals surface area contributed by atoms with Crippen molar-refractivity contribution < 1.29 is 4.79 Å². The summed E-state index contributed by atoms with van der Waals surface area (Å²) in [7, 11) is 0. The van der Waals surface area contributed by atoms with Gasteiger partial charge < -0.3 is 16.4 Å². The molecule has 2 rings (SSSR count). The number of hydrogen-bond acceptors (Lipinski definition) is 5. The van der Waals surface area contributed by atoms with Gasteiger partial charge in [0, 0.05) is 19.1 Å². The van der Waals surface area contributed by atoms with E-state index in [2.05, 4.69) is 22.0 Å². The van der Waals surface area contributed by atoms with Crippen molar-refractivity contribution in [3.05, 3.63) is 17.8 Å². The summed E-state index contributed by atoms with van der Waals surface area (Å²) in [5, 5.41) is 7.95. The van der Waals surface area contributed by atoms with Gasteiger partial charge in [-0.3, -0.25) is 4.79 Å². The van der Waals surface area contributed by atoms with Gasteiger partial charge in [-0.2, -0.15) is 0 Å². The molecule has 1 fully saturated rings. The zero-order valence-corrected chi connectivity index (χ0v) is 11.2. The van der Waals surface area contributed by atoms with Crippen molar-refractivity contribution in [2.24, 2.45) is 17.4 Å². The van der Waals surface area contributed by atoms with Crippen molar-refractivity contribution in [2.45, 2.75) is 32.2 Å². The number of hydrogen-bond donors (Lipinski definition) is 2. The Labute approximate surface area is 113 Å². The molecule has 4 N–H and O–H groups in total. The molecule has 1 aromatic rings. The van der Waals surface area contributed by atoms with Crippen LogP contribution in [0.25, 0.3) is 0 Å². The fraction of sp³-hybridized carbons (Fsp3) is 0.615. The molecule has 1 aromatic heterocycles. The van der Waals surface area contributed by atoms with Crippen LogP contribution in [-0.4, -0.2) is 35.2 Å². The van der Waals surface area contributed by atoms with Crippen molar-refractivity contribution in [3.8, 4) is 0 Å². The summed E-state index contributed by atoms with van der Waals surface area (Å²) in [4.78, 5) is 13.2. The van der Waals surface area contributed by atoms with Gasteiger partial charge in [-0.15, -0.1) is 10.2 Å². The minimum Gasteiger partial charge on any atom is -0.364 e. The molecule has 1 amide bonds. The highest BCUT2D eigenvalue weighted by molar-refractivity contribution is 5.90. The maximum absolute atomic E-state index is 11.0. The molecule has 0 aliphatic carbocycles. The van der Waals surface area contributed by atoms with Crippen LogP contribution in [0.1, 0.15) is 36.7 Å². The number of piperidine rings is 1. The number of rotatable bonds is 4. The molecule has 2 unspecified atom stereocenters. The van der Waals surface area contributed by atoms with Gasteiger partial charge in [0.1, 0.15) is 0 Å². The van der Waals surface area contributed by atoms with E-state index in [1.54, 1.807) is 12.1 Å². The number of carbonyl (C=O) groups is 1. The molecule has 6 nitrogen and oxygen atoms in total. The quantitative estimate of drug-likeness (QED) is 0.825. The van der Waals surface area contributed by atoms with Gasteiger partial charge >= 0.3 is 0 Å². The minimum atomic E-state index is -0.556. The molecule has 6 heteroatoms. The predicted molar refractivity (Wildman–Crippen MR) is 73.8 cm³/mol. The molecular formula is C13H21N5O. The van der Waals surface area contributed by atoms with Crippen LogP contribution in [0.5, 0.6) is 0 Å². The lowest BCUT2D eigenvalue weighted by Crippen LogP contribution is -2.47. The number of amides is 1. The largest absolute Gasteiger partial charge is 0.364 e. The van der Waals surface area contributed by atoms with Crippen molar-refractivity contribution in [1.29, 1.82) is 0 Å². The average Bonchev–Trinajstić information content (AvgIpc) is 2.46. The molecule has 0 aromatic carbocycles. The summed E-state index contributed by atoms with van der Waals surface area (Å²) >= 11 is 0. The fourth-order valence-corrected chi connectivity index (χ4v) is 2.64. The average molecular weight is 263 g/mol. The van der Waals surface area contributed by atoms with Gasteiger partial charge in [0.15, 0.2) is 11.5 Å². The summed E-state index contributed by atoms with van der Waals surface area (Å²) in [6.07, 6.45) is 3.43. The third-order valence-corrected chi connectivity index (χ3v) is 3.87. The van der Waals surface area contributed by atoms with Crippen molar-refractivity contribution in [1.82, 2.24) is 10.2 Å². The Morgan fingerprint density at radius 3 is 2.79 bits per heavy atom. The molecule has 0 bridgehead atoms. The summed E-state index contributed by atoms with van der Waals surface area (Å²) in [6, 6.07) is 3.71. The Morgan fingerprint density at radius 2 is 2.26 bits per heavy atom. The van der Waals surface area contributed by atoms with E-state index in [-0.39, 0.29) is 5.69 Å². The SMILES string of the molecule is CCC1CCN(c2ccc(C(N)=O)nn2)C(CN)C1. The molecule has 104 valence electrons. The summed E-state index contributed by atoms with van der Waals surface area (Å²) < 4.78 is 0. The molecule has 1 aliphatic heterocycles. The summed E-state index contributed by atoms with van der Waals surface area (Å²) in [6.45, 7) is 3.76. The third-order valence-electron chi connectivity index (χ3n) is 3.87. The van der Waals surface area contributed by atoms with Crippen LogP contribution in [0.4, 0.5) is 5.82 Å². The first-order valence-electron chi connectivity index (χ1n) is 6.76. The first kappa shape index (κ1) is 13.7. The Hall–Kier alpha value is -1.69. The second-order valence-corrected chi connectivity index (χ2v) is 5.02. The maximum atomic E-state index is 11.0. The Kier molecular flexibility index (Phi) is 4.31. The van der Waals surface area contributed by atoms with Gasteiger partial charge in [0.2, 0.25) is 0 Å². The van der Waals surface area contributed by atoms with Crippen LogP contribution in [0.3, 0.4) is 0 Å². The van der Waals surface area contributed by atoms with Gasteiger partial charge in [0.25, 0.3) is 5.91 Å². The van der Waals surface area contributed by atoms with Crippen LogP contribution in [0, 0.1) is 5.92 Å². The topological polar surface area (TPSA) is 98.1 Å². The number of nitrogens with zero attached hydrogens (tertiary/aromatic N) is 3. The highest BCUT2D eigenvalue weighted by atomic mass is 16.1. The van der Waals surface area contributed by atoms with Crippen LogP contribution in [0.15, 0.2) is 12.1 Å². The molecule has 1 saturated heterocycles. The highest BCUT2D eigenvalue weighted by Gasteiger charge is 2.27. The van der Waals surface area contributed by atoms with E-state index >= 15 is 0 Å². The summed E-state index contributed by atoms with van der Waals surface area (Å²) in [5.74, 6) is 0.955. The second kappa shape index (κ2) is 5.97. The van der Waals surface area contributed by atoms with Gasteiger partial charge in [-0.1, -0.05) is 13.3 Å². The van der Waals surface area contributed by atoms with E-state index in [1.807, 2.05) is 0 Å². The number of anilines is 1. The second-order valence-electron chi connectivity index (χ2n) is 5.02. The standard InChI is InChI=1S/C13H21N5O/c1-2-9-5-6-18(10(7-9)8-14)12-4-3-11(13(15)19)16-17-12/h3-4,9-10H,2,5-8,14H2,1H3,(H2,15,19). The fourth-order valence-electron chi connectivity index (χ4n) is 2.64. The van der Waals surface area contributed by atoms with Crippen molar-refractivity contribution in [2.75, 3.05) is 18.0 Å². The number of aromatic nitrogens is 2. The lowest BCUT2D eigenvalue weighted by molar-refractivity contribution is 0.0994. The van der Waals surface area contributed by atoms with Crippen LogP contribution in [-0.2, 0) is 0 Å². The third kappa shape index (κ3) is 3.01. The lowest BCUT2D eigenvalue weighted by Gasteiger charge is -2.39. The first-order chi connectivity index (χ1) is 9.15. The summed E-state index contributed by atoms with van der Waals surface area (Å²) in [5.41, 5.74) is 11.2. The number of primary amides is 1. The van der Waals surface area contributed by atoms with Crippen LogP contribution >= 0.6 is 0 Å². The molecule has 0 saturated carbocycles. The van der Waals surface area contributed by atoms with E-state index in [0.717, 1.165) is 31.1 Å². The normalized spacial score (nSPS) is 23.4. The number of carbonyl (C=O) groups excluding carboxylic acids is 1. The minimum absolute atomic E-state index is 0.191. The first-order valence-corrected chi connectivity index (χ1v) is 6.76. The lowest BCUT2D eigenvalue weighted by atomic mass is 9.89. The highest BCUT2D eigenvalue weighted by Crippen LogP contribution is 2.27. The molecule has 19 heavy (non-hydrogen) atoms. The van der Waals surface area contributed by atoms with Crippen molar-refractivity contribution >= 4 is 11.7 Å². The van der Waals surface area contributed by atoms with E-state index in [9.17, 15) is 4.79 Å². The molecule has 1 aliphatic rings. The maximum Gasteiger partial charge on any atom is 0.269 e. The van der Waals surface area contributed by atoms with E-state index < -0.39 is 5.91 Å². The Bertz CT molecular complexity index is 433. The van der Waals surface area contributed by atoms with E-state index in [1.165, 1.54) is 6.42 Å². The Balaban J connectivity index is 2.13. The van der Waals surface area contributed by atoms with E-state index in [0.29, 0.717) is 12.6 Å². The molecule has 2 heterocycles.